The molecule has 138 valence electrons. The molecule has 1 unspecified atom stereocenters. The van der Waals surface area contributed by atoms with Gasteiger partial charge in [-0.3, -0.25) is 0 Å². The van der Waals surface area contributed by atoms with Crippen LogP contribution in [0, 0.1) is 33.1 Å². The molecule has 0 amide bonds. The molecule has 26 heavy (non-hydrogen) atoms. The number of aryl methyl sites for hydroxylation is 1. The van der Waals surface area contributed by atoms with Crippen LogP contribution >= 0.6 is 0 Å². The Morgan fingerprint density at radius 2 is 1.58 bits per heavy atom. The van der Waals surface area contributed by atoms with Crippen molar-refractivity contribution in [2.75, 3.05) is 14.2 Å². The van der Waals surface area contributed by atoms with E-state index in [1.54, 1.807) is 14.2 Å². The molecule has 0 aliphatic carbocycles. The molecule has 1 atom stereocenters. The van der Waals surface area contributed by atoms with Gasteiger partial charge in [0.15, 0.2) is 5.60 Å². The minimum absolute atomic E-state index is 0.679. The van der Waals surface area contributed by atoms with E-state index in [1.807, 2.05) is 31.2 Å². The predicted octanol–water partition coefficient (Wildman–Crippen LogP) is 5.03. The zero-order valence-corrected chi connectivity index (χ0v) is 16.6. The lowest BCUT2D eigenvalue weighted by molar-refractivity contribution is 0.141. The molecular weight excluding hydrogens is 324 g/mol. The van der Waals surface area contributed by atoms with Crippen LogP contribution < -0.4 is 14.2 Å². The first-order valence-electron chi connectivity index (χ1n) is 8.78. The van der Waals surface area contributed by atoms with Gasteiger partial charge in [-0.15, -0.1) is 6.42 Å². The smallest absolute Gasteiger partial charge is 0.166 e. The summed E-state index contributed by atoms with van der Waals surface area (Å²) in [6.07, 6.45) is 7.38. The normalized spacial score (nSPS) is 12.8. The molecule has 0 aliphatic heterocycles. The minimum atomic E-state index is -0.679. The van der Waals surface area contributed by atoms with Crippen LogP contribution in [0.5, 0.6) is 17.2 Å². The molecule has 0 fully saturated rings. The highest BCUT2D eigenvalue weighted by Gasteiger charge is 2.24. The molecular formula is C23H28O3. The van der Waals surface area contributed by atoms with Crippen molar-refractivity contribution in [2.45, 2.75) is 46.1 Å². The van der Waals surface area contributed by atoms with Crippen LogP contribution in [0.4, 0.5) is 0 Å². The topological polar surface area (TPSA) is 27.7 Å². The lowest BCUT2D eigenvalue weighted by Gasteiger charge is -2.26. The van der Waals surface area contributed by atoms with Crippen LogP contribution in [0.2, 0.25) is 0 Å². The minimum Gasteiger partial charge on any atom is -0.497 e. The van der Waals surface area contributed by atoms with Crippen molar-refractivity contribution in [2.24, 2.45) is 0 Å². The van der Waals surface area contributed by atoms with Crippen molar-refractivity contribution < 1.29 is 14.2 Å². The quantitative estimate of drug-likeness (QED) is 0.654. The average Bonchev–Trinajstić information content (AvgIpc) is 2.65. The zero-order valence-electron chi connectivity index (χ0n) is 16.6. The van der Waals surface area contributed by atoms with E-state index in [2.05, 4.69) is 32.8 Å². The fourth-order valence-corrected chi connectivity index (χ4v) is 3.12. The van der Waals surface area contributed by atoms with Crippen LogP contribution in [-0.4, -0.2) is 19.8 Å². The van der Waals surface area contributed by atoms with Gasteiger partial charge in [0, 0.05) is 6.42 Å². The first-order valence-corrected chi connectivity index (χ1v) is 8.78. The summed E-state index contributed by atoms with van der Waals surface area (Å²) in [6.45, 7) is 8.29. The molecule has 2 rings (SSSR count). The molecule has 0 spiro atoms. The third-order valence-corrected chi connectivity index (χ3v) is 4.99. The van der Waals surface area contributed by atoms with Crippen LogP contribution in [0.1, 0.15) is 35.6 Å². The summed E-state index contributed by atoms with van der Waals surface area (Å²) in [4.78, 5) is 0. The molecule has 0 heterocycles. The molecule has 0 bridgehead atoms. The fourth-order valence-electron chi connectivity index (χ4n) is 3.12. The molecule has 0 N–H and O–H groups in total. The van der Waals surface area contributed by atoms with Crippen LogP contribution in [0.15, 0.2) is 30.3 Å². The Kier molecular flexibility index (Phi) is 6.21. The number of methoxy groups -OCH3 is 2. The summed E-state index contributed by atoms with van der Waals surface area (Å²) < 4.78 is 16.8. The zero-order chi connectivity index (χ0) is 19.3. The summed E-state index contributed by atoms with van der Waals surface area (Å²) in [5.41, 5.74) is 4.27. The lowest BCUT2D eigenvalue weighted by Crippen LogP contribution is -2.31. The highest BCUT2D eigenvalue weighted by molar-refractivity contribution is 5.48. The van der Waals surface area contributed by atoms with Crippen molar-refractivity contribution in [1.82, 2.24) is 0 Å². The standard InChI is InChI=1S/C23H28O3/c1-8-23(5,26-20-11-9-19(24-6)10-12-20)14-13-21-16(2)15-22(25-7)18(4)17(21)3/h1,9-12,15H,13-14H2,2-7H3. The van der Waals surface area contributed by atoms with Crippen LogP contribution in [-0.2, 0) is 6.42 Å². The largest absolute Gasteiger partial charge is 0.497 e. The summed E-state index contributed by atoms with van der Waals surface area (Å²) in [6, 6.07) is 9.58. The first-order chi connectivity index (χ1) is 12.3. The van der Waals surface area contributed by atoms with Gasteiger partial charge in [-0.05, 0) is 86.7 Å². The number of terminal acetylenes is 1. The number of hydrogen-bond acceptors (Lipinski definition) is 3. The molecule has 2 aromatic rings. The van der Waals surface area contributed by atoms with E-state index >= 15 is 0 Å². The molecule has 0 saturated carbocycles. The van der Waals surface area contributed by atoms with Crippen LogP contribution in [0.25, 0.3) is 0 Å². The molecule has 0 aliphatic rings. The maximum Gasteiger partial charge on any atom is 0.166 e. The van der Waals surface area contributed by atoms with Gasteiger partial charge in [0.2, 0.25) is 0 Å². The van der Waals surface area contributed by atoms with Gasteiger partial charge in [0.05, 0.1) is 14.2 Å². The number of rotatable bonds is 7. The van der Waals surface area contributed by atoms with E-state index in [1.165, 1.54) is 22.3 Å². The van der Waals surface area contributed by atoms with Gasteiger partial charge >= 0.3 is 0 Å². The van der Waals surface area contributed by atoms with E-state index in [0.29, 0.717) is 0 Å². The third-order valence-electron chi connectivity index (χ3n) is 4.99. The van der Waals surface area contributed by atoms with E-state index in [-0.39, 0.29) is 0 Å². The molecule has 0 aromatic heterocycles. The number of benzene rings is 2. The van der Waals surface area contributed by atoms with Crippen molar-refractivity contribution >= 4 is 0 Å². The molecule has 3 nitrogen and oxygen atoms in total. The van der Waals surface area contributed by atoms with E-state index in [4.69, 9.17) is 20.6 Å². The van der Waals surface area contributed by atoms with Crippen LogP contribution in [0.3, 0.4) is 0 Å². The monoisotopic (exact) mass is 352 g/mol. The number of ether oxygens (including phenoxy) is 3. The fraction of sp³-hybridized carbons (Fsp3) is 0.391. The van der Waals surface area contributed by atoms with Gasteiger partial charge in [-0.2, -0.15) is 0 Å². The Balaban J connectivity index is 2.17. The first kappa shape index (κ1) is 19.7. The Bertz CT molecular complexity index is 800. The van der Waals surface area contributed by atoms with Gasteiger partial charge in [-0.25, -0.2) is 0 Å². The summed E-state index contributed by atoms with van der Waals surface area (Å²) in [5.74, 6) is 5.29. The van der Waals surface area contributed by atoms with Crippen molar-refractivity contribution in [3.05, 3.63) is 52.6 Å². The Morgan fingerprint density at radius 3 is 2.12 bits per heavy atom. The summed E-state index contributed by atoms with van der Waals surface area (Å²) in [7, 11) is 3.35. The molecule has 3 heteroatoms. The SMILES string of the molecule is C#CC(C)(CCc1c(C)cc(OC)c(C)c1C)Oc1ccc(OC)cc1. The summed E-state index contributed by atoms with van der Waals surface area (Å²) >= 11 is 0. The van der Waals surface area contributed by atoms with Gasteiger partial charge in [0.1, 0.15) is 17.2 Å². The maximum atomic E-state index is 6.11. The molecule has 0 saturated heterocycles. The third kappa shape index (κ3) is 4.32. The van der Waals surface area contributed by atoms with Crippen molar-refractivity contribution in [3.63, 3.8) is 0 Å². The van der Waals surface area contributed by atoms with Crippen molar-refractivity contribution in [1.29, 1.82) is 0 Å². The second kappa shape index (κ2) is 8.19. The van der Waals surface area contributed by atoms with E-state index in [9.17, 15) is 0 Å². The van der Waals surface area contributed by atoms with Crippen molar-refractivity contribution in [3.8, 4) is 29.6 Å². The van der Waals surface area contributed by atoms with Gasteiger partial charge in [0.25, 0.3) is 0 Å². The molecule has 0 radical (unpaired) electrons. The summed E-state index contributed by atoms with van der Waals surface area (Å²) in [5, 5.41) is 0. The highest BCUT2D eigenvalue weighted by atomic mass is 16.5. The number of hydrogen-bond donors (Lipinski definition) is 0. The predicted molar refractivity (Wildman–Crippen MR) is 106 cm³/mol. The molecule has 2 aromatic carbocycles. The lowest BCUT2D eigenvalue weighted by atomic mass is 9.90. The second-order valence-electron chi connectivity index (χ2n) is 6.78. The van der Waals surface area contributed by atoms with E-state index in [0.717, 1.165) is 30.1 Å². The van der Waals surface area contributed by atoms with E-state index < -0.39 is 5.60 Å². The van der Waals surface area contributed by atoms with Gasteiger partial charge < -0.3 is 14.2 Å². The Hall–Kier alpha value is -2.60. The highest BCUT2D eigenvalue weighted by Crippen LogP contribution is 2.30. The second-order valence-corrected chi connectivity index (χ2v) is 6.78. The Labute approximate surface area is 157 Å². The maximum absolute atomic E-state index is 6.11. The van der Waals surface area contributed by atoms with Gasteiger partial charge in [-0.1, -0.05) is 5.92 Å². The Morgan fingerprint density at radius 1 is 0.962 bits per heavy atom. The average molecular weight is 352 g/mol.